The lowest BCUT2D eigenvalue weighted by atomic mass is 10.1. The van der Waals surface area contributed by atoms with Crippen LogP contribution in [0.5, 0.6) is 0 Å². The Morgan fingerprint density at radius 3 is 2.30 bits per heavy atom. The van der Waals surface area contributed by atoms with Gasteiger partial charge in [0, 0.05) is 17.8 Å². The number of rotatable bonds is 3. The molecule has 20 heavy (non-hydrogen) atoms. The minimum atomic E-state index is -0.247. The smallest absolute Gasteiger partial charge is 0.289 e. The molecule has 0 amide bonds. The van der Waals surface area contributed by atoms with E-state index in [0.717, 1.165) is 17.0 Å². The predicted octanol–water partition coefficient (Wildman–Crippen LogP) is 2.93. The van der Waals surface area contributed by atoms with Gasteiger partial charge in [-0.3, -0.25) is 9.36 Å². The molecular formula is C16H20N2O2. The summed E-state index contributed by atoms with van der Waals surface area (Å²) < 4.78 is 2.98. The molecule has 1 atom stereocenters. The molecule has 0 spiro atoms. The molecule has 4 heteroatoms. The van der Waals surface area contributed by atoms with Gasteiger partial charge < -0.3 is 0 Å². The topological polar surface area (TPSA) is 44.0 Å². The Balaban J connectivity index is 2.59. The van der Waals surface area contributed by atoms with E-state index in [0.29, 0.717) is 6.42 Å². The molecular weight excluding hydrogens is 252 g/mol. The van der Waals surface area contributed by atoms with E-state index < -0.39 is 0 Å². The molecule has 0 bridgehead atoms. The van der Waals surface area contributed by atoms with Crippen molar-refractivity contribution in [1.29, 1.82) is 0 Å². The van der Waals surface area contributed by atoms with Crippen LogP contribution in [0.15, 0.2) is 35.1 Å². The molecule has 1 heterocycles. The molecule has 0 N–H and O–H groups in total. The average molecular weight is 272 g/mol. The minimum Gasteiger partial charge on any atom is -0.289 e. The summed E-state index contributed by atoms with van der Waals surface area (Å²) in [5, 5.41) is 0. The number of imidazole rings is 1. The maximum absolute atomic E-state index is 12.5. The third kappa shape index (κ3) is 2.22. The van der Waals surface area contributed by atoms with Crippen molar-refractivity contribution in [2.45, 2.75) is 40.2 Å². The second-order valence-corrected chi connectivity index (χ2v) is 4.99. The highest BCUT2D eigenvalue weighted by Gasteiger charge is 2.21. The summed E-state index contributed by atoms with van der Waals surface area (Å²) in [6, 6.07) is 9.74. The van der Waals surface area contributed by atoms with Crippen LogP contribution in [0.25, 0.3) is 0 Å². The van der Waals surface area contributed by atoms with E-state index >= 15 is 0 Å². The quantitative estimate of drug-likeness (QED) is 0.862. The normalized spacial score (nSPS) is 12.4. The van der Waals surface area contributed by atoms with Crippen LogP contribution in [-0.2, 0) is 0 Å². The highest BCUT2D eigenvalue weighted by Crippen LogP contribution is 2.19. The third-order valence-corrected chi connectivity index (χ3v) is 3.84. The Morgan fingerprint density at radius 1 is 1.15 bits per heavy atom. The molecule has 1 aromatic carbocycles. The van der Waals surface area contributed by atoms with Gasteiger partial charge in [0.15, 0.2) is 0 Å². The summed E-state index contributed by atoms with van der Waals surface area (Å²) in [6.07, 6.45) is 0.323. The lowest BCUT2D eigenvalue weighted by molar-refractivity contribution is 0.0901. The van der Waals surface area contributed by atoms with Crippen molar-refractivity contribution in [3.05, 3.63) is 57.8 Å². The van der Waals surface area contributed by atoms with Crippen molar-refractivity contribution in [1.82, 2.24) is 9.13 Å². The van der Waals surface area contributed by atoms with Gasteiger partial charge in [0.25, 0.3) is 0 Å². The zero-order chi connectivity index (χ0) is 14.9. The molecule has 0 aliphatic rings. The van der Waals surface area contributed by atoms with Crippen molar-refractivity contribution < 1.29 is 4.79 Å². The fourth-order valence-electron chi connectivity index (χ4n) is 2.52. The van der Waals surface area contributed by atoms with Crippen LogP contribution in [0.1, 0.15) is 48.1 Å². The van der Waals surface area contributed by atoms with Crippen molar-refractivity contribution in [2.75, 3.05) is 0 Å². The standard InChI is InChI=1S/C16H20N2O2/c1-5-15(19)18-12(3)11(2)17(16(18)20)13(4)14-9-7-6-8-10-14/h6-10,13H,5H2,1-4H3/t13-/m0/s1. The van der Waals surface area contributed by atoms with Crippen LogP contribution >= 0.6 is 0 Å². The monoisotopic (exact) mass is 272 g/mol. The average Bonchev–Trinajstić information content (AvgIpc) is 2.69. The first-order valence-corrected chi connectivity index (χ1v) is 6.87. The lowest BCUT2D eigenvalue weighted by Crippen LogP contribution is -2.31. The van der Waals surface area contributed by atoms with E-state index in [2.05, 4.69) is 0 Å². The van der Waals surface area contributed by atoms with E-state index in [1.165, 1.54) is 4.57 Å². The number of carbonyl (C=O) groups excluding carboxylic acids is 1. The summed E-state index contributed by atoms with van der Waals surface area (Å²) >= 11 is 0. The first kappa shape index (κ1) is 14.3. The van der Waals surface area contributed by atoms with Gasteiger partial charge in [0.05, 0.1) is 6.04 Å². The largest absolute Gasteiger partial charge is 0.335 e. The van der Waals surface area contributed by atoms with Gasteiger partial charge in [-0.05, 0) is 26.3 Å². The van der Waals surface area contributed by atoms with Crippen LogP contribution in [0.3, 0.4) is 0 Å². The molecule has 0 aliphatic carbocycles. The van der Waals surface area contributed by atoms with E-state index in [1.54, 1.807) is 11.5 Å². The molecule has 0 radical (unpaired) electrons. The Bertz CT molecular complexity index is 680. The second kappa shape index (κ2) is 5.49. The van der Waals surface area contributed by atoms with Gasteiger partial charge in [-0.15, -0.1) is 0 Å². The summed E-state index contributed by atoms with van der Waals surface area (Å²) in [6.45, 7) is 7.44. The van der Waals surface area contributed by atoms with E-state index in [4.69, 9.17) is 0 Å². The highest BCUT2D eigenvalue weighted by atomic mass is 16.2. The Morgan fingerprint density at radius 2 is 1.75 bits per heavy atom. The summed E-state index contributed by atoms with van der Waals surface area (Å²) in [5.74, 6) is -0.158. The SMILES string of the molecule is CCC(=O)n1c(C)c(C)n([C@@H](C)c2ccccc2)c1=O. The summed E-state index contributed by atoms with van der Waals surface area (Å²) in [7, 11) is 0. The summed E-state index contributed by atoms with van der Waals surface area (Å²) in [5.41, 5.74) is 2.37. The Kier molecular flexibility index (Phi) is 3.93. The molecule has 0 fully saturated rings. The number of benzene rings is 1. The van der Waals surface area contributed by atoms with Crippen molar-refractivity contribution in [3.63, 3.8) is 0 Å². The first-order chi connectivity index (χ1) is 9.49. The van der Waals surface area contributed by atoms with Crippen LogP contribution in [0.4, 0.5) is 0 Å². The van der Waals surface area contributed by atoms with E-state index in [-0.39, 0.29) is 17.6 Å². The number of carbonyl (C=O) groups is 1. The number of nitrogens with zero attached hydrogens (tertiary/aromatic N) is 2. The van der Waals surface area contributed by atoms with Gasteiger partial charge in [-0.25, -0.2) is 9.36 Å². The molecule has 4 nitrogen and oxygen atoms in total. The molecule has 2 aromatic rings. The van der Waals surface area contributed by atoms with Gasteiger partial charge in [0.1, 0.15) is 0 Å². The Labute approximate surface area is 118 Å². The minimum absolute atomic E-state index is 0.0895. The van der Waals surface area contributed by atoms with E-state index in [1.807, 2.05) is 51.1 Å². The zero-order valence-corrected chi connectivity index (χ0v) is 12.4. The van der Waals surface area contributed by atoms with Crippen LogP contribution in [-0.4, -0.2) is 15.0 Å². The van der Waals surface area contributed by atoms with Gasteiger partial charge >= 0.3 is 5.69 Å². The molecule has 0 unspecified atom stereocenters. The van der Waals surface area contributed by atoms with Gasteiger partial charge in [0.2, 0.25) is 5.91 Å². The van der Waals surface area contributed by atoms with E-state index in [9.17, 15) is 9.59 Å². The van der Waals surface area contributed by atoms with Crippen molar-refractivity contribution >= 4 is 5.91 Å². The fourth-order valence-corrected chi connectivity index (χ4v) is 2.52. The molecule has 0 saturated carbocycles. The van der Waals surface area contributed by atoms with Crippen molar-refractivity contribution in [3.8, 4) is 0 Å². The molecule has 0 aliphatic heterocycles. The molecule has 2 rings (SSSR count). The van der Waals surface area contributed by atoms with Crippen LogP contribution < -0.4 is 5.69 Å². The summed E-state index contributed by atoms with van der Waals surface area (Å²) in [4.78, 5) is 24.5. The first-order valence-electron chi connectivity index (χ1n) is 6.87. The van der Waals surface area contributed by atoms with Gasteiger partial charge in [-0.1, -0.05) is 37.3 Å². The zero-order valence-electron chi connectivity index (χ0n) is 12.4. The molecule has 106 valence electrons. The van der Waals surface area contributed by atoms with Crippen LogP contribution in [0.2, 0.25) is 0 Å². The molecule has 0 saturated heterocycles. The molecule has 1 aromatic heterocycles. The van der Waals surface area contributed by atoms with Crippen molar-refractivity contribution in [2.24, 2.45) is 0 Å². The fraction of sp³-hybridized carbons (Fsp3) is 0.375. The maximum atomic E-state index is 12.5. The number of aromatic nitrogens is 2. The van der Waals surface area contributed by atoms with Gasteiger partial charge in [-0.2, -0.15) is 0 Å². The lowest BCUT2D eigenvalue weighted by Gasteiger charge is -2.14. The third-order valence-electron chi connectivity index (χ3n) is 3.84. The number of hydrogen-bond donors (Lipinski definition) is 0. The number of hydrogen-bond acceptors (Lipinski definition) is 2. The van der Waals surface area contributed by atoms with Crippen LogP contribution in [0, 0.1) is 13.8 Å². The Hall–Kier alpha value is -2.10. The second-order valence-electron chi connectivity index (χ2n) is 4.99. The maximum Gasteiger partial charge on any atom is 0.335 e. The predicted molar refractivity (Wildman–Crippen MR) is 79.3 cm³/mol. The highest BCUT2D eigenvalue weighted by molar-refractivity contribution is 5.79.